The molecule has 1 saturated heterocycles. The molecule has 0 aromatic carbocycles. The summed E-state index contributed by atoms with van der Waals surface area (Å²) in [6, 6.07) is -0.227. The highest BCUT2D eigenvalue weighted by molar-refractivity contribution is 6.30. The minimum absolute atomic E-state index is 0.130. The number of likely N-dealkylation sites (N-methyl/N-ethyl adjacent to an activating group) is 1. The maximum absolute atomic E-state index is 13.7. The molecule has 1 amide bonds. The molecule has 1 saturated carbocycles. The van der Waals surface area contributed by atoms with Crippen LogP contribution >= 0.6 is 11.6 Å². The largest absolute Gasteiger partial charge is 0.381 e. The fourth-order valence-corrected chi connectivity index (χ4v) is 6.29. The van der Waals surface area contributed by atoms with Gasteiger partial charge in [0.2, 0.25) is 0 Å². The topological polar surface area (TPSA) is 119 Å². The zero-order chi connectivity index (χ0) is 27.7. The Morgan fingerprint density at radius 3 is 2.62 bits per heavy atom. The van der Waals surface area contributed by atoms with E-state index in [2.05, 4.69) is 25.6 Å². The third-order valence-electron chi connectivity index (χ3n) is 8.21. The van der Waals surface area contributed by atoms with Crippen LogP contribution in [0.5, 0.6) is 0 Å². The van der Waals surface area contributed by atoms with Crippen molar-refractivity contribution in [2.75, 3.05) is 59.3 Å². The monoisotopic (exact) mass is 563 g/mol. The Balaban J connectivity index is 1.56. The van der Waals surface area contributed by atoms with Gasteiger partial charge >= 0.3 is 0 Å². The van der Waals surface area contributed by atoms with E-state index in [9.17, 15) is 4.79 Å². The van der Waals surface area contributed by atoms with Crippen LogP contribution in [0.25, 0.3) is 5.65 Å². The Labute approximate surface area is 237 Å². The van der Waals surface area contributed by atoms with Crippen molar-refractivity contribution in [1.29, 1.82) is 0 Å². The Morgan fingerprint density at radius 2 is 1.90 bits per heavy atom. The molecule has 11 heteroatoms. The van der Waals surface area contributed by atoms with Crippen LogP contribution in [0.2, 0.25) is 5.02 Å². The van der Waals surface area contributed by atoms with E-state index in [-0.39, 0.29) is 23.3 Å². The predicted octanol–water partition coefficient (Wildman–Crippen LogP) is 3.53. The third kappa shape index (κ3) is 7.82. The van der Waals surface area contributed by atoms with Gasteiger partial charge < -0.3 is 30.7 Å². The molecule has 39 heavy (non-hydrogen) atoms. The molecule has 10 nitrogen and oxygen atoms in total. The number of nitrogen functional groups attached to an aromatic ring is 1. The Bertz CT molecular complexity index is 1060. The van der Waals surface area contributed by atoms with Gasteiger partial charge in [-0.2, -0.15) is 0 Å². The van der Waals surface area contributed by atoms with Crippen molar-refractivity contribution in [3.8, 4) is 0 Å². The van der Waals surface area contributed by atoms with Crippen molar-refractivity contribution in [2.24, 2.45) is 5.92 Å². The van der Waals surface area contributed by atoms with Gasteiger partial charge in [0.25, 0.3) is 5.91 Å². The second-order valence-electron chi connectivity index (χ2n) is 11.2. The van der Waals surface area contributed by atoms with Crippen LogP contribution in [0.1, 0.15) is 74.6 Å². The Kier molecular flexibility index (Phi) is 11.2. The number of hydrogen-bond acceptors (Lipinski definition) is 8. The number of ether oxygens (including phenoxy) is 2. The number of anilines is 1. The fourth-order valence-electron chi connectivity index (χ4n) is 6.15. The predicted molar refractivity (Wildman–Crippen MR) is 154 cm³/mol. The van der Waals surface area contributed by atoms with E-state index in [1.165, 1.54) is 55.7 Å². The van der Waals surface area contributed by atoms with Crippen LogP contribution < -0.4 is 16.4 Å². The van der Waals surface area contributed by atoms with Crippen LogP contribution in [-0.4, -0.2) is 90.6 Å². The van der Waals surface area contributed by atoms with E-state index in [4.69, 9.17) is 26.8 Å². The lowest BCUT2D eigenvalue weighted by atomic mass is 9.71. The van der Waals surface area contributed by atoms with Crippen LogP contribution in [0, 0.1) is 5.92 Å². The summed E-state index contributed by atoms with van der Waals surface area (Å²) < 4.78 is 14.2. The minimum Gasteiger partial charge on any atom is -0.381 e. The molecule has 0 radical (unpaired) electrons. The number of nitrogens with zero attached hydrogens (tertiary/aromatic N) is 4. The second kappa shape index (κ2) is 14.6. The summed E-state index contributed by atoms with van der Waals surface area (Å²) in [6.45, 7) is 4.04. The van der Waals surface area contributed by atoms with Gasteiger partial charge in [-0.15, -0.1) is 5.10 Å². The standard InChI is InChI=1S/C28H46ClN7O3/c1-35(2)14-15-38-16-17-39-28(21-10-8-6-4-3-5-7-9-11-21)12-13-31-19-23(28)33-27(37)24-25(30)34-36-20-22(29)18-32-26(24)36/h18,20-21,23,31H,3-17,19H2,1-2H3,(H2,30,34)(H,33,37). The molecule has 2 atom stereocenters. The molecule has 2 fully saturated rings. The van der Waals surface area contributed by atoms with Gasteiger partial charge in [0, 0.05) is 19.3 Å². The molecular weight excluding hydrogens is 518 g/mol. The van der Waals surface area contributed by atoms with Crippen LogP contribution in [0.4, 0.5) is 5.82 Å². The molecule has 0 spiro atoms. The van der Waals surface area contributed by atoms with Crippen molar-refractivity contribution in [2.45, 2.75) is 75.9 Å². The lowest BCUT2D eigenvalue weighted by Crippen LogP contribution is -2.66. The number of piperidine rings is 1. The van der Waals surface area contributed by atoms with E-state index >= 15 is 0 Å². The molecule has 3 heterocycles. The molecule has 4 rings (SSSR count). The molecule has 0 bridgehead atoms. The zero-order valence-electron chi connectivity index (χ0n) is 23.6. The summed E-state index contributed by atoms with van der Waals surface area (Å²) >= 11 is 6.08. The SMILES string of the molecule is CN(C)CCOCCOC1(C2CCCCCCCCC2)CCNCC1NC(=O)c1c(N)nn2cc(Cl)cnc12. The fraction of sp³-hybridized carbons (Fsp3) is 0.750. The van der Waals surface area contributed by atoms with Gasteiger partial charge in [-0.25, -0.2) is 9.50 Å². The second-order valence-corrected chi connectivity index (χ2v) is 11.7. The molecule has 1 aliphatic carbocycles. The first kappa shape index (κ1) is 30.0. The number of nitrogens with one attached hydrogen (secondary N) is 2. The van der Waals surface area contributed by atoms with E-state index in [0.717, 1.165) is 32.4 Å². The van der Waals surface area contributed by atoms with E-state index in [1.54, 1.807) is 6.20 Å². The molecule has 2 unspecified atom stereocenters. The highest BCUT2D eigenvalue weighted by atomic mass is 35.5. The maximum Gasteiger partial charge on any atom is 0.259 e. The van der Waals surface area contributed by atoms with Crippen molar-refractivity contribution in [3.05, 3.63) is 23.0 Å². The van der Waals surface area contributed by atoms with Gasteiger partial charge in [0.1, 0.15) is 5.56 Å². The number of carbonyl (C=O) groups is 1. The summed E-state index contributed by atoms with van der Waals surface area (Å²) in [4.78, 5) is 20.2. The van der Waals surface area contributed by atoms with Crippen molar-refractivity contribution in [1.82, 2.24) is 30.1 Å². The quantitative estimate of drug-likeness (QED) is 0.376. The lowest BCUT2D eigenvalue weighted by molar-refractivity contribution is -0.138. The van der Waals surface area contributed by atoms with E-state index in [1.807, 2.05) is 14.1 Å². The molecule has 2 aromatic heterocycles. The van der Waals surface area contributed by atoms with E-state index < -0.39 is 5.60 Å². The Morgan fingerprint density at radius 1 is 1.18 bits per heavy atom. The average molecular weight is 564 g/mol. The van der Waals surface area contributed by atoms with Crippen molar-refractivity contribution < 1.29 is 14.3 Å². The molecular formula is C28H46ClN7O3. The molecule has 4 N–H and O–H groups in total. The minimum atomic E-state index is -0.487. The maximum atomic E-state index is 13.7. The number of amides is 1. The highest BCUT2D eigenvalue weighted by Crippen LogP contribution is 2.39. The molecule has 1 aliphatic heterocycles. The summed E-state index contributed by atoms with van der Waals surface area (Å²) in [5, 5.41) is 11.5. The van der Waals surface area contributed by atoms with Crippen LogP contribution in [0.3, 0.4) is 0 Å². The number of halogens is 1. The molecule has 2 aromatic rings. The van der Waals surface area contributed by atoms with Gasteiger partial charge in [0.05, 0.1) is 42.7 Å². The van der Waals surface area contributed by atoms with E-state index in [0.29, 0.717) is 43.0 Å². The number of rotatable bonds is 10. The summed E-state index contributed by atoms with van der Waals surface area (Å²) in [6.07, 6.45) is 15.0. The first-order valence-corrected chi connectivity index (χ1v) is 15.0. The highest BCUT2D eigenvalue weighted by Gasteiger charge is 2.48. The van der Waals surface area contributed by atoms with Crippen LogP contribution in [0.15, 0.2) is 12.4 Å². The number of hydrogen-bond donors (Lipinski definition) is 3. The summed E-state index contributed by atoms with van der Waals surface area (Å²) in [5.74, 6) is 0.189. The van der Waals surface area contributed by atoms with Crippen molar-refractivity contribution >= 4 is 29.0 Å². The number of carbonyl (C=O) groups excluding carboxylic acids is 1. The number of nitrogens with two attached hydrogens (primary N) is 1. The summed E-state index contributed by atoms with van der Waals surface area (Å²) in [5.41, 5.74) is 6.36. The van der Waals surface area contributed by atoms with Crippen molar-refractivity contribution in [3.63, 3.8) is 0 Å². The van der Waals surface area contributed by atoms with Gasteiger partial charge in [0.15, 0.2) is 11.5 Å². The smallest absolute Gasteiger partial charge is 0.259 e. The number of aromatic nitrogens is 3. The summed E-state index contributed by atoms with van der Waals surface area (Å²) in [7, 11) is 4.08. The lowest BCUT2D eigenvalue weighted by Gasteiger charge is -2.49. The zero-order valence-corrected chi connectivity index (χ0v) is 24.3. The van der Waals surface area contributed by atoms with Gasteiger partial charge in [-0.3, -0.25) is 4.79 Å². The van der Waals surface area contributed by atoms with Gasteiger partial charge in [-0.05, 0) is 45.8 Å². The normalized spacial score (nSPS) is 23.7. The van der Waals surface area contributed by atoms with Crippen LogP contribution in [-0.2, 0) is 9.47 Å². The average Bonchev–Trinajstić information content (AvgIpc) is 3.24. The van der Waals surface area contributed by atoms with Gasteiger partial charge in [-0.1, -0.05) is 56.5 Å². The molecule has 218 valence electrons. The first-order valence-electron chi connectivity index (χ1n) is 14.6. The number of fused-ring (bicyclic) bond motifs is 1. The molecule has 2 aliphatic rings. The first-order chi connectivity index (χ1) is 18.9. The Hall–Kier alpha value is -1.98. The third-order valence-corrected chi connectivity index (χ3v) is 8.40.